The number of hydrazone groups is 1. The summed E-state index contributed by atoms with van der Waals surface area (Å²) < 4.78 is 5.24. The van der Waals surface area contributed by atoms with Crippen LogP contribution in [-0.4, -0.2) is 23.3 Å². The summed E-state index contributed by atoms with van der Waals surface area (Å²) in [5.74, 6) is -0.0321. The zero-order valence-corrected chi connectivity index (χ0v) is 19.7. The van der Waals surface area contributed by atoms with Crippen molar-refractivity contribution in [3.8, 4) is 0 Å². The smallest absolute Gasteiger partial charge is 0.350 e. The first-order chi connectivity index (χ1) is 16.2. The summed E-state index contributed by atoms with van der Waals surface area (Å²) in [6, 6.07) is 21.1. The molecule has 2 aromatic carbocycles. The molecule has 1 aliphatic heterocycles. The van der Waals surface area contributed by atoms with E-state index in [2.05, 4.69) is 54.6 Å². The van der Waals surface area contributed by atoms with Crippen LogP contribution in [0.2, 0.25) is 0 Å². The molecule has 5 rings (SSSR count). The SMILES string of the molecule is CCOC(=O)c1sc(N2N=C3C(Cc4ccccc4)=CCC[C@H]3[C@H]2c2ccccc2)nc1C. The number of aryl methyl sites for hydroxylation is 1. The van der Waals surface area contributed by atoms with Gasteiger partial charge in [-0.15, -0.1) is 0 Å². The number of esters is 1. The van der Waals surface area contributed by atoms with Crippen molar-refractivity contribution in [2.75, 3.05) is 11.6 Å². The molecule has 0 radical (unpaired) electrons. The molecule has 0 amide bonds. The Hall–Kier alpha value is -3.25. The predicted molar refractivity (Wildman–Crippen MR) is 133 cm³/mol. The summed E-state index contributed by atoms with van der Waals surface area (Å²) in [7, 11) is 0. The summed E-state index contributed by atoms with van der Waals surface area (Å²) in [4.78, 5) is 17.7. The zero-order valence-electron chi connectivity index (χ0n) is 18.9. The number of benzene rings is 2. The molecule has 0 spiro atoms. The molecule has 0 N–H and O–H groups in total. The zero-order chi connectivity index (χ0) is 22.8. The highest BCUT2D eigenvalue weighted by Gasteiger charge is 2.42. The van der Waals surface area contributed by atoms with E-state index in [0.717, 1.165) is 30.1 Å². The molecule has 5 nitrogen and oxygen atoms in total. The van der Waals surface area contributed by atoms with Crippen LogP contribution < -0.4 is 5.01 Å². The van der Waals surface area contributed by atoms with E-state index >= 15 is 0 Å². The Morgan fingerprint density at radius 3 is 2.58 bits per heavy atom. The number of aromatic nitrogens is 1. The number of allylic oxidation sites excluding steroid dienone is 2. The standard InChI is InChI=1S/C27H27N3O2S/c1-3-32-26(31)25-18(2)28-27(33-25)30-24(20-13-8-5-9-14-20)22-16-10-15-21(23(22)29-30)17-19-11-6-4-7-12-19/h4-9,11-15,22,24H,3,10,16-17H2,1-2H3/t22-,24-/m1/s1. The predicted octanol–water partition coefficient (Wildman–Crippen LogP) is 6.12. The molecule has 0 saturated carbocycles. The lowest BCUT2D eigenvalue weighted by Crippen LogP contribution is -2.27. The largest absolute Gasteiger partial charge is 0.462 e. The quantitative estimate of drug-likeness (QED) is 0.418. The molecule has 168 valence electrons. The molecule has 1 aromatic heterocycles. The summed E-state index contributed by atoms with van der Waals surface area (Å²) >= 11 is 1.37. The average Bonchev–Trinajstić information content (AvgIpc) is 3.42. The van der Waals surface area contributed by atoms with Gasteiger partial charge in [-0.2, -0.15) is 5.10 Å². The lowest BCUT2D eigenvalue weighted by molar-refractivity contribution is 0.0531. The second-order valence-corrected chi connectivity index (χ2v) is 9.37. The molecule has 0 unspecified atom stereocenters. The van der Waals surface area contributed by atoms with Crippen LogP contribution in [0.3, 0.4) is 0 Å². The molecule has 0 saturated heterocycles. The number of carbonyl (C=O) groups is 1. The van der Waals surface area contributed by atoms with Gasteiger partial charge in [0, 0.05) is 5.92 Å². The molecule has 6 heteroatoms. The van der Waals surface area contributed by atoms with Crippen LogP contribution in [0, 0.1) is 12.8 Å². The van der Waals surface area contributed by atoms with Crippen LogP contribution in [0.25, 0.3) is 0 Å². The maximum Gasteiger partial charge on any atom is 0.350 e. The summed E-state index contributed by atoms with van der Waals surface area (Å²) in [5, 5.41) is 7.94. The van der Waals surface area contributed by atoms with Gasteiger partial charge in [0.2, 0.25) is 5.13 Å². The van der Waals surface area contributed by atoms with E-state index in [-0.39, 0.29) is 17.9 Å². The van der Waals surface area contributed by atoms with Crippen molar-refractivity contribution in [2.45, 2.75) is 39.2 Å². The van der Waals surface area contributed by atoms with E-state index < -0.39 is 0 Å². The Balaban J connectivity index is 1.54. The van der Waals surface area contributed by atoms with Gasteiger partial charge in [0.15, 0.2) is 0 Å². The van der Waals surface area contributed by atoms with Crippen molar-refractivity contribution in [3.05, 3.63) is 94.0 Å². The van der Waals surface area contributed by atoms with Gasteiger partial charge in [0.25, 0.3) is 0 Å². The number of hydrogen-bond donors (Lipinski definition) is 0. The van der Waals surface area contributed by atoms with Crippen molar-refractivity contribution in [2.24, 2.45) is 11.0 Å². The molecule has 2 heterocycles. The van der Waals surface area contributed by atoms with Crippen molar-refractivity contribution < 1.29 is 9.53 Å². The van der Waals surface area contributed by atoms with E-state index in [9.17, 15) is 4.79 Å². The van der Waals surface area contributed by atoms with Gasteiger partial charge in [-0.25, -0.2) is 14.8 Å². The van der Waals surface area contributed by atoms with Crippen molar-refractivity contribution in [3.63, 3.8) is 0 Å². The number of hydrogen-bond acceptors (Lipinski definition) is 6. The maximum atomic E-state index is 12.4. The van der Waals surface area contributed by atoms with Crippen LogP contribution in [0.5, 0.6) is 0 Å². The van der Waals surface area contributed by atoms with Gasteiger partial charge >= 0.3 is 5.97 Å². The minimum atomic E-state index is -0.316. The molecular formula is C27H27N3O2S. The van der Waals surface area contributed by atoms with E-state index in [1.807, 2.05) is 31.0 Å². The highest BCUT2D eigenvalue weighted by Crippen LogP contribution is 2.46. The molecule has 2 aliphatic rings. The van der Waals surface area contributed by atoms with E-state index in [4.69, 9.17) is 14.8 Å². The number of carbonyl (C=O) groups excluding carboxylic acids is 1. The topological polar surface area (TPSA) is 54.8 Å². The van der Waals surface area contributed by atoms with Gasteiger partial charge in [0.1, 0.15) is 4.88 Å². The summed E-state index contributed by atoms with van der Waals surface area (Å²) in [5.41, 5.74) is 5.63. The summed E-state index contributed by atoms with van der Waals surface area (Å²) in [6.07, 6.45) is 5.29. The van der Waals surface area contributed by atoms with Crippen molar-refractivity contribution in [1.82, 2.24) is 4.98 Å². The Morgan fingerprint density at radius 1 is 1.12 bits per heavy atom. The van der Waals surface area contributed by atoms with E-state index in [1.54, 1.807) is 0 Å². The number of ether oxygens (including phenoxy) is 1. The Morgan fingerprint density at radius 2 is 1.85 bits per heavy atom. The second kappa shape index (κ2) is 9.32. The highest BCUT2D eigenvalue weighted by atomic mass is 32.1. The molecule has 0 fully saturated rings. The first kappa shape index (κ1) is 21.6. The Labute approximate surface area is 198 Å². The maximum absolute atomic E-state index is 12.4. The minimum absolute atomic E-state index is 0.0567. The van der Waals surface area contributed by atoms with Crippen molar-refractivity contribution in [1.29, 1.82) is 0 Å². The van der Waals surface area contributed by atoms with Crippen LogP contribution in [0.4, 0.5) is 5.13 Å². The van der Waals surface area contributed by atoms with Crippen LogP contribution in [0.15, 0.2) is 77.4 Å². The van der Waals surface area contributed by atoms with Crippen LogP contribution >= 0.6 is 11.3 Å². The number of fused-ring (bicyclic) bond motifs is 1. The Bertz CT molecular complexity index is 1200. The number of anilines is 1. The fourth-order valence-corrected chi connectivity index (χ4v) is 5.69. The first-order valence-corrected chi connectivity index (χ1v) is 12.3. The molecule has 2 atom stereocenters. The fraction of sp³-hybridized carbons (Fsp3) is 0.296. The molecule has 0 bridgehead atoms. The lowest BCUT2D eigenvalue weighted by Gasteiger charge is -2.28. The minimum Gasteiger partial charge on any atom is -0.462 e. The molecule has 33 heavy (non-hydrogen) atoms. The fourth-order valence-electron chi connectivity index (χ4n) is 4.74. The first-order valence-electron chi connectivity index (χ1n) is 11.5. The third-order valence-electron chi connectivity index (χ3n) is 6.23. The lowest BCUT2D eigenvalue weighted by atomic mass is 9.79. The van der Waals surface area contributed by atoms with Crippen LogP contribution in [0.1, 0.15) is 52.3 Å². The van der Waals surface area contributed by atoms with Gasteiger partial charge in [0.05, 0.1) is 24.1 Å². The van der Waals surface area contributed by atoms with Gasteiger partial charge in [-0.1, -0.05) is 78.1 Å². The Kier molecular flexibility index (Phi) is 6.09. The van der Waals surface area contributed by atoms with Crippen molar-refractivity contribution >= 4 is 28.1 Å². The molecule has 1 aliphatic carbocycles. The third-order valence-corrected chi connectivity index (χ3v) is 7.36. The number of nitrogens with zero attached hydrogens (tertiary/aromatic N) is 3. The third kappa shape index (κ3) is 4.23. The average molecular weight is 458 g/mol. The highest BCUT2D eigenvalue weighted by molar-refractivity contribution is 7.17. The van der Waals surface area contributed by atoms with Crippen LogP contribution in [-0.2, 0) is 11.2 Å². The molecular weight excluding hydrogens is 430 g/mol. The second-order valence-electron chi connectivity index (χ2n) is 8.39. The normalized spacial score (nSPS) is 19.6. The number of rotatable bonds is 6. The van der Waals surface area contributed by atoms with Gasteiger partial charge < -0.3 is 4.74 Å². The molecule has 3 aromatic rings. The monoisotopic (exact) mass is 457 g/mol. The van der Waals surface area contributed by atoms with E-state index in [0.29, 0.717) is 17.2 Å². The van der Waals surface area contributed by atoms with E-state index in [1.165, 1.54) is 28.0 Å². The number of thiazole rings is 1. The summed E-state index contributed by atoms with van der Waals surface area (Å²) in [6.45, 7) is 4.03. The van der Waals surface area contributed by atoms with Gasteiger partial charge in [-0.05, 0) is 49.8 Å². The van der Waals surface area contributed by atoms with Gasteiger partial charge in [-0.3, -0.25) is 0 Å².